The van der Waals surface area contributed by atoms with Gasteiger partial charge < -0.3 is 15.4 Å². The van der Waals surface area contributed by atoms with Gasteiger partial charge in [-0.3, -0.25) is 0 Å². The van der Waals surface area contributed by atoms with Gasteiger partial charge in [-0.15, -0.1) is 13.1 Å². The Morgan fingerprint density at radius 1 is 1.27 bits per heavy atom. The number of aliphatic hydroxyl groups excluding tert-OH is 1. The summed E-state index contributed by atoms with van der Waals surface area (Å²) in [5, 5.41) is 14.3. The van der Waals surface area contributed by atoms with Gasteiger partial charge in [0.05, 0.1) is 0 Å². The van der Waals surface area contributed by atoms with Crippen LogP contribution in [0.3, 0.4) is 0 Å². The first-order valence-electron chi connectivity index (χ1n) is 8.10. The third kappa shape index (κ3) is 7.09. The molecule has 2 N–H and O–H groups in total. The molecule has 0 spiro atoms. The zero-order chi connectivity index (χ0) is 15.5. The zero-order valence-electron chi connectivity index (χ0n) is 14.0. The Morgan fingerprint density at radius 3 is 2.55 bits per heavy atom. The van der Waals surface area contributed by atoms with E-state index in [1.165, 1.54) is 23.8 Å². The molecule has 3 nitrogen and oxygen atoms in total. The average molecular weight is 473 g/mol. The summed E-state index contributed by atoms with van der Waals surface area (Å²) < 4.78 is 0. The molecule has 2 aromatic rings. The number of para-hydroxylation sites is 1. The summed E-state index contributed by atoms with van der Waals surface area (Å²) >= 11 is 0. The standard InChI is InChI=1S/C10H11NO.C6H12N.C2H6.W/c12-6-5-8-7-11-10-4-2-1-3-9(8)10;1-6-3-2-4-7-5-6;1-2;/h1-4,7,11-12H,5-6H2;6H,2-5H2,1H3;1-2H3;/q;-1;;. The summed E-state index contributed by atoms with van der Waals surface area (Å²) in [6.45, 7) is 8.70. The molecule has 1 aromatic carbocycles. The molecule has 22 heavy (non-hydrogen) atoms. The number of hydrogen-bond donors (Lipinski definition) is 2. The molecule has 1 aromatic heterocycles. The van der Waals surface area contributed by atoms with Crippen molar-refractivity contribution in [3.8, 4) is 0 Å². The SMILES string of the molecule is CC.CC1CCC[N-]C1.OCCc1c[nH]c2ccccc12.[W]. The largest absolute Gasteiger partial charge is 0.662 e. The zero-order valence-corrected chi connectivity index (χ0v) is 16.9. The van der Waals surface area contributed by atoms with E-state index in [1.807, 2.05) is 38.2 Å². The van der Waals surface area contributed by atoms with Crippen molar-refractivity contribution in [3.05, 3.63) is 41.3 Å². The molecule has 124 valence electrons. The number of H-pyrrole nitrogens is 1. The fourth-order valence-corrected chi connectivity index (χ4v) is 2.41. The minimum atomic E-state index is 0. The van der Waals surface area contributed by atoms with Crippen LogP contribution in [0.25, 0.3) is 16.2 Å². The van der Waals surface area contributed by atoms with Gasteiger partial charge in [-0.05, 0) is 18.1 Å². The molecule has 1 atom stereocenters. The number of piperidine rings is 1. The van der Waals surface area contributed by atoms with E-state index in [1.54, 1.807) is 0 Å². The van der Waals surface area contributed by atoms with Gasteiger partial charge in [0.2, 0.25) is 0 Å². The number of aromatic amines is 1. The van der Waals surface area contributed by atoms with Crippen molar-refractivity contribution in [1.82, 2.24) is 4.98 Å². The number of rotatable bonds is 2. The average Bonchev–Trinajstić information content (AvgIpc) is 2.95. The summed E-state index contributed by atoms with van der Waals surface area (Å²) in [6, 6.07) is 8.12. The molecule has 0 amide bonds. The van der Waals surface area contributed by atoms with Gasteiger partial charge in [-0.25, -0.2) is 0 Å². The van der Waals surface area contributed by atoms with Crippen LogP contribution in [0.1, 0.15) is 39.2 Å². The van der Waals surface area contributed by atoms with E-state index >= 15 is 0 Å². The first-order valence-corrected chi connectivity index (χ1v) is 8.10. The van der Waals surface area contributed by atoms with E-state index in [0.29, 0.717) is 0 Å². The third-order valence-corrected chi connectivity index (χ3v) is 3.51. The molecule has 1 aliphatic rings. The smallest absolute Gasteiger partial charge is 0.0472 e. The fourth-order valence-electron chi connectivity index (χ4n) is 2.41. The number of benzene rings is 1. The van der Waals surface area contributed by atoms with Crippen molar-refractivity contribution in [2.75, 3.05) is 19.7 Å². The van der Waals surface area contributed by atoms with Crippen molar-refractivity contribution in [1.29, 1.82) is 0 Å². The van der Waals surface area contributed by atoms with Gasteiger partial charge in [0, 0.05) is 44.8 Å². The maximum Gasteiger partial charge on any atom is 0.0472 e. The Hall–Kier alpha value is -0.632. The minimum Gasteiger partial charge on any atom is -0.662 e. The van der Waals surface area contributed by atoms with Gasteiger partial charge in [-0.2, -0.15) is 0 Å². The maximum absolute atomic E-state index is 8.78. The van der Waals surface area contributed by atoms with Gasteiger partial charge in [0.1, 0.15) is 0 Å². The van der Waals surface area contributed by atoms with E-state index in [9.17, 15) is 0 Å². The molecular weight excluding hydrogens is 444 g/mol. The fraction of sp³-hybridized carbons (Fsp3) is 0.556. The number of hydrogen-bond acceptors (Lipinski definition) is 1. The Kier molecular flexibility index (Phi) is 12.5. The summed E-state index contributed by atoms with van der Waals surface area (Å²) in [7, 11) is 0. The van der Waals surface area contributed by atoms with Crippen LogP contribution in [0.15, 0.2) is 30.5 Å². The molecule has 0 saturated carbocycles. The topological polar surface area (TPSA) is 50.1 Å². The van der Waals surface area contributed by atoms with Gasteiger partial charge in [0.25, 0.3) is 0 Å². The predicted molar refractivity (Wildman–Crippen MR) is 91.9 cm³/mol. The monoisotopic (exact) mass is 473 g/mol. The number of aliphatic hydroxyl groups is 1. The van der Waals surface area contributed by atoms with Crippen LogP contribution in [0, 0.1) is 5.92 Å². The summed E-state index contributed by atoms with van der Waals surface area (Å²) in [5.74, 6) is 0.869. The first-order chi connectivity index (χ1) is 10.3. The molecule has 0 aliphatic carbocycles. The summed E-state index contributed by atoms with van der Waals surface area (Å²) in [5.41, 5.74) is 2.33. The molecule has 4 heteroatoms. The van der Waals surface area contributed by atoms with Crippen molar-refractivity contribution >= 4 is 10.9 Å². The summed E-state index contributed by atoms with van der Waals surface area (Å²) in [4.78, 5) is 3.16. The quantitative estimate of drug-likeness (QED) is 0.663. The van der Waals surface area contributed by atoms with E-state index in [4.69, 9.17) is 5.11 Å². The molecule has 0 radical (unpaired) electrons. The normalized spacial score (nSPS) is 16.6. The van der Waals surface area contributed by atoms with Crippen molar-refractivity contribution in [3.63, 3.8) is 0 Å². The molecule has 1 saturated heterocycles. The predicted octanol–water partition coefficient (Wildman–Crippen LogP) is 4.52. The molecule has 1 aliphatic heterocycles. The Bertz CT molecular complexity index is 493. The van der Waals surface area contributed by atoms with Crippen LogP contribution >= 0.6 is 0 Å². The number of nitrogens with zero attached hydrogens (tertiary/aromatic N) is 1. The first kappa shape index (κ1) is 21.4. The van der Waals surface area contributed by atoms with Crippen LogP contribution in [0.2, 0.25) is 0 Å². The Morgan fingerprint density at radius 2 is 2.00 bits per heavy atom. The van der Waals surface area contributed by atoms with E-state index < -0.39 is 0 Å². The number of aromatic nitrogens is 1. The second-order valence-corrected chi connectivity index (χ2v) is 5.21. The van der Waals surface area contributed by atoms with Crippen molar-refractivity contribution in [2.45, 2.75) is 40.0 Å². The van der Waals surface area contributed by atoms with Gasteiger partial charge >= 0.3 is 0 Å². The number of nitrogens with one attached hydrogen (secondary N) is 1. The molecule has 1 fully saturated rings. The molecular formula is C18H29N2OW-. The minimum absolute atomic E-state index is 0. The van der Waals surface area contributed by atoms with Crippen molar-refractivity contribution in [2.24, 2.45) is 5.92 Å². The van der Waals surface area contributed by atoms with Crippen LogP contribution in [-0.2, 0) is 27.5 Å². The molecule has 2 heterocycles. The summed E-state index contributed by atoms with van der Waals surface area (Å²) in [6.07, 6.45) is 5.40. The van der Waals surface area contributed by atoms with Crippen LogP contribution in [-0.4, -0.2) is 29.8 Å². The molecule has 1 unspecified atom stereocenters. The molecule has 0 bridgehead atoms. The van der Waals surface area contributed by atoms with Crippen LogP contribution in [0.5, 0.6) is 0 Å². The van der Waals surface area contributed by atoms with Crippen LogP contribution < -0.4 is 0 Å². The second kappa shape index (κ2) is 12.9. The third-order valence-electron chi connectivity index (χ3n) is 3.51. The Labute approximate surface area is 149 Å². The van der Waals surface area contributed by atoms with Crippen molar-refractivity contribution < 1.29 is 26.2 Å². The van der Waals surface area contributed by atoms with E-state index in [2.05, 4.69) is 23.3 Å². The Balaban J connectivity index is 0.000000381. The van der Waals surface area contributed by atoms with Gasteiger partial charge in [0.15, 0.2) is 0 Å². The molecule has 3 rings (SSSR count). The van der Waals surface area contributed by atoms with Crippen LogP contribution in [0.4, 0.5) is 0 Å². The van der Waals surface area contributed by atoms with E-state index in [-0.39, 0.29) is 27.7 Å². The maximum atomic E-state index is 8.78. The second-order valence-electron chi connectivity index (χ2n) is 5.21. The van der Waals surface area contributed by atoms with E-state index in [0.717, 1.165) is 30.9 Å². The number of fused-ring (bicyclic) bond motifs is 1. The van der Waals surface area contributed by atoms with Gasteiger partial charge in [-0.1, -0.05) is 57.7 Å².